The zero-order chi connectivity index (χ0) is 14.7. The van der Waals surface area contributed by atoms with Gasteiger partial charge in [0.2, 0.25) is 0 Å². The topological polar surface area (TPSA) is 62.7 Å². The molecule has 20 heavy (non-hydrogen) atoms. The van der Waals surface area contributed by atoms with Crippen LogP contribution in [0.1, 0.15) is 30.1 Å². The molecular weight excluding hydrogens is 280 g/mol. The molecule has 0 aliphatic heterocycles. The summed E-state index contributed by atoms with van der Waals surface area (Å²) in [5, 5.41) is 9.32. The molecule has 1 aromatic rings. The fourth-order valence-electron chi connectivity index (χ4n) is 2.30. The van der Waals surface area contributed by atoms with Crippen molar-refractivity contribution in [2.24, 2.45) is 5.92 Å². The Bertz CT molecular complexity index is 491. The third-order valence-corrected chi connectivity index (χ3v) is 3.85. The molecule has 0 amide bonds. The summed E-state index contributed by atoms with van der Waals surface area (Å²) in [5.41, 5.74) is 0.158. The average molecular weight is 299 g/mol. The molecule has 0 radical (unpaired) electrons. The lowest BCUT2D eigenvalue weighted by Crippen LogP contribution is -2.38. The lowest BCUT2D eigenvalue weighted by atomic mass is 10.1. The van der Waals surface area contributed by atoms with Gasteiger partial charge in [-0.1, -0.05) is 11.6 Å². The number of anilines is 1. The summed E-state index contributed by atoms with van der Waals surface area (Å²) in [6.07, 6.45) is 2.41. The van der Waals surface area contributed by atoms with Crippen LogP contribution in [0.15, 0.2) is 12.1 Å². The SMILES string of the molecule is COCCN(c1cc(C(=O)O)cc(Cl)n1)C(C)C1CC1. The predicted molar refractivity (Wildman–Crippen MR) is 77.6 cm³/mol. The van der Waals surface area contributed by atoms with Crippen LogP contribution in [0.2, 0.25) is 5.15 Å². The molecule has 5 nitrogen and oxygen atoms in total. The number of aromatic nitrogens is 1. The van der Waals surface area contributed by atoms with Gasteiger partial charge in [0.05, 0.1) is 12.2 Å². The summed E-state index contributed by atoms with van der Waals surface area (Å²) in [5.74, 6) is 0.244. The second-order valence-corrected chi connectivity index (χ2v) is 5.49. The van der Waals surface area contributed by atoms with E-state index in [1.165, 1.54) is 18.9 Å². The van der Waals surface area contributed by atoms with Crippen molar-refractivity contribution in [1.82, 2.24) is 4.98 Å². The van der Waals surface area contributed by atoms with Crippen molar-refractivity contribution >= 4 is 23.4 Å². The van der Waals surface area contributed by atoms with Gasteiger partial charge in [-0.3, -0.25) is 0 Å². The second kappa shape index (κ2) is 6.41. The van der Waals surface area contributed by atoms with Gasteiger partial charge in [-0.05, 0) is 37.8 Å². The number of aromatic carboxylic acids is 1. The number of hydrogen-bond acceptors (Lipinski definition) is 4. The molecule has 0 saturated heterocycles. The number of halogens is 1. The molecule has 1 fully saturated rings. The molecule has 1 unspecified atom stereocenters. The van der Waals surface area contributed by atoms with Gasteiger partial charge in [0, 0.05) is 19.7 Å². The number of carboxylic acid groups (broad SMARTS) is 1. The first-order valence-corrected chi connectivity index (χ1v) is 7.07. The van der Waals surface area contributed by atoms with Gasteiger partial charge >= 0.3 is 5.97 Å². The van der Waals surface area contributed by atoms with Crippen LogP contribution in [-0.4, -0.2) is 42.4 Å². The number of hydrogen-bond donors (Lipinski definition) is 1. The third kappa shape index (κ3) is 3.61. The Morgan fingerprint density at radius 3 is 2.85 bits per heavy atom. The van der Waals surface area contributed by atoms with Crippen LogP contribution in [0.3, 0.4) is 0 Å². The number of carboxylic acids is 1. The molecule has 1 N–H and O–H groups in total. The van der Waals surface area contributed by atoms with Crippen molar-refractivity contribution in [2.45, 2.75) is 25.8 Å². The maximum absolute atomic E-state index is 11.1. The molecule has 1 saturated carbocycles. The van der Waals surface area contributed by atoms with Gasteiger partial charge in [0.25, 0.3) is 0 Å². The predicted octanol–water partition coefficient (Wildman–Crippen LogP) is 2.68. The zero-order valence-corrected chi connectivity index (χ0v) is 12.4. The molecule has 1 aliphatic rings. The summed E-state index contributed by atoms with van der Waals surface area (Å²) in [7, 11) is 1.65. The highest BCUT2D eigenvalue weighted by Gasteiger charge is 2.32. The van der Waals surface area contributed by atoms with Gasteiger partial charge < -0.3 is 14.7 Å². The van der Waals surface area contributed by atoms with Crippen LogP contribution >= 0.6 is 11.6 Å². The number of methoxy groups -OCH3 is 1. The number of pyridine rings is 1. The Labute approximate surface area is 123 Å². The minimum absolute atomic E-state index is 0.158. The second-order valence-electron chi connectivity index (χ2n) is 5.11. The van der Waals surface area contributed by atoms with E-state index in [9.17, 15) is 4.79 Å². The van der Waals surface area contributed by atoms with Crippen LogP contribution in [0.25, 0.3) is 0 Å². The highest BCUT2D eigenvalue weighted by molar-refractivity contribution is 6.29. The van der Waals surface area contributed by atoms with E-state index in [1.54, 1.807) is 13.2 Å². The first-order valence-electron chi connectivity index (χ1n) is 6.69. The van der Waals surface area contributed by atoms with Crippen LogP contribution in [0.4, 0.5) is 5.82 Å². The van der Waals surface area contributed by atoms with E-state index in [1.807, 2.05) is 0 Å². The van der Waals surface area contributed by atoms with E-state index < -0.39 is 5.97 Å². The van der Waals surface area contributed by atoms with Crippen molar-refractivity contribution in [3.8, 4) is 0 Å². The average Bonchev–Trinajstić information content (AvgIpc) is 3.22. The Kier molecular flexibility index (Phi) is 4.83. The monoisotopic (exact) mass is 298 g/mol. The van der Waals surface area contributed by atoms with E-state index in [0.29, 0.717) is 30.9 Å². The van der Waals surface area contributed by atoms with Crippen molar-refractivity contribution in [3.63, 3.8) is 0 Å². The van der Waals surface area contributed by atoms with E-state index in [4.69, 9.17) is 21.4 Å². The summed E-state index contributed by atoms with van der Waals surface area (Å²) in [6, 6.07) is 3.24. The molecule has 2 rings (SSSR count). The van der Waals surface area contributed by atoms with E-state index in [2.05, 4.69) is 16.8 Å². The van der Waals surface area contributed by atoms with E-state index in [0.717, 1.165) is 0 Å². The van der Waals surface area contributed by atoms with E-state index >= 15 is 0 Å². The summed E-state index contributed by atoms with van der Waals surface area (Å²) in [6.45, 7) is 3.37. The van der Waals surface area contributed by atoms with Crippen molar-refractivity contribution < 1.29 is 14.6 Å². The summed E-state index contributed by atoms with van der Waals surface area (Å²) >= 11 is 5.94. The molecule has 0 bridgehead atoms. The Balaban J connectivity index is 2.28. The van der Waals surface area contributed by atoms with Gasteiger partial charge in [0.1, 0.15) is 11.0 Å². The first kappa shape index (κ1) is 15.1. The minimum Gasteiger partial charge on any atom is -0.478 e. The molecule has 1 heterocycles. The lowest BCUT2D eigenvalue weighted by molar-refractivity contribution is 0.0696. The van der Waals surface area contributed by atoms with E-state index in [-0.39, 0.29) is 10.7 Å². The standard InChI is InChI=1S/C14H19ClN2O3/c1-9(10-3-4-10)17(5-6-20-2)13-8-11(14(18)19)7-12(15)16-13/h7-10H,3-6H2,1-2H3,(H,18,19). The van der Waals surface area contributed by atoms with Gasteiger partial charge in [-0.25, -0.2) is 9.78 Å². The Morgan fingerprint density at radius 1 is 1.60 bits per heavy atom. The number of carbonyl (C=O) groups is 1. The number of ether oxygens (including phenoxy) is 1. The highest BCUT2D eigenvalue weighted by atomic mass is 35.5. The quantitative estimate of drug-likeness (QED) is 0.784. The first-order chi connectivity index (χ1) is 9.52. The molecule has 110 valence electrons. The smallest absolute Gasteiger partial charge is 0.335 e. The van der Waals surface area contributed by atoms with Crippen molar-refractivity contribution in [2.75, 3.05) is 25.2 Å². The molecule has 6 heteroatoms. The normalized spacial score (nSPS) is 15.9. The fraction of sp³-hybridized carbons (Fsp3) is 0.571. The summed E-state index contributed by atoms with van der Waals surface area (Å²) < 4.78 is 5.13. The van der Waals surface area contributed by atoms with Gasteiger partial charge in [-0.2, -0.15) is 0 Å². The molecule has 1 aromatic heterocycles. The lowest BCUT2D eigenvalue weighted by Gasteiger charge is -2.30. The highest BCUT2D eigenvalue weighted by Crippen LogP contribution is 2.36. The van der Waals surface area contributed by atoms with Crippen molar-refractivity contribution in [1.29, 1.82) is 0 Å². The molecule has 1 aliphatic carbocycles. The minimum atomic E-state index is -0.999. The van der Waals surface area contributed by atoms with Crippen LogP contribution in [0.5, 0.6) is 0 Å². The maximum atomic E-state index is 11.1. The fourth-order valence-corrected chi connectivity index (χ4v) is 2.51. The number of nitrogens with zero attached hydrogens (tertiary/aromatic N) is 2. The molecular formula is C14H19ClN2O3. The molecule has 1 atom stereocenters. The van der Waals surface area contributed by atoms with Gasteiger partial charge in [0.15, 0.2) is 0 Å². The van der Waals surface area contributed by atoms with Crippen LogP contribution in [0, 0.1) is 5.92 Å². The van der Waals surface area contributed by atoms with Crippen LogP contribution < -0.4 is 4.90 Å². The maximum Gasteiger partial charge on any atom is 0.335 e. The Morgan fingerprint density at radius 2 is 2.30 bits per heavy atom. The van der Waals surface area contributed by atoms with Gasteiger partial charge in [-0.15, -0.1) is 0 Å². The Hall–Kier alpha value is -1.33. The largest absolute Gasteiger partial charge is 0.478 e. The van der Waals surface area contributed by atoms with Crippen LogP contribution in [-0.2, 0) is 4.74 Å². The van der Waals surface area contributed by atoms with Crippen molar-refractivity contribution in [3.05, 3.63) is 22.8 Å². The molecule has 0 spiro atoms. The number of rotatable bonds is 7. The third-order valence-electron chi connectivity index (χ3n) is 3.65. The molecule has 0 aromatic carbocycles. The summed E-state index contributed by atoms with van der Waals surface area (Å²) in [4.78, 5) is 17.5. The zero-order valence-electron chi connectivity index (χ0n) is 11.7.